The third-order valence-corrected chi connectivity index (χ3v) is 14.1. The molecule has 1 fully saturated rings. The molecule has 47 heavy (non-hydrogen) atoms. The van der Waals surface area contributed by atoms with E-state index in [1.54, 1.807) is 6.07 Å². The van der Waals surface area contributed by atoms with E-state index in [0.29, 0.717) is 12.2 Å². The van der Waals surface area contributed by atoms with E-state index in [0.717, 1.165) is 42.6 Å². The van der Waals surface area contributed by atoms with Crippen molar-refractivity contribution in [3.8, 4) is 0 Å². The second kappa shape index (κ2) is 17.0. The number of hydrogen-bond acceptors (Lipinski definition) is 5. The molecule has 0 bridgehead atoms. The molecule has 1 amide bonds. The number of rotatable bonds is 13. The van der Waals surface area contributed by atoms with Crippen LogP contribution in [0.15, 0.2) is 84.9 Å². The second-order valence-electron chi connectivity index (χ2n) is 13.5. The number of anilines is 1. The van der Waals surface area contributed by atoms with Gasteiger partial charge in [0.1, 0.15) is 0 Å². The highest BCUT2D eigenvalue weighted by Gasteiger charge is 2.33. The molecule has 1 saturated heterocycles. The molecule has 1 aliphatic heterocycles. The molecule has 1 unspecified atom stereocenters. The molecular weight excluding hydrogens is 627 g/mol. The van der Waals surface area contributed by atoms with Crippen LogP contribution in [0.2, 0.25) is 0 Å². The number of hydrogen-bond donors (Lipinski definition) is 1. The standard InChI is InChI=1S/C36H51N3O4S2.C2H6.H2/c1-28(43-44(6,7)36(2,3)4)27-45(41,42)37-32-22-16-21-31(25-32)33(26-39-23-14-15-24-39)38(5)35(40)34(29-17-10-8-11-18-29)30-19-12-9-13-20-30;1-2;/h8-13,16-22,25,28,33-34,37H,14-15,23-24,26-27H2,1-7H3;1-2H3;1H/t28?,33-;;/m1../s1. The Hall–Kier alpha value is -2.85. The van der Waals surface area contributed by atoms with E-state index in [1.165, 1.54) is 0 Å². The summed E-state index contributed by atoms with van der Waals surface area (Å²) in [5.41, 5.74) is 3.25. The van der Waals surface area contributed by atoms with Crippen LogP contribution < -0.4 is 4.72 Å². The molecule has 0 spiro atoms. The van der Waals surface area contributed by atoms with E-state index in [1.807, 2.05) is 112 Å². The third-order valence-electron chi connectivity index (χ3n) is 8.84. The minimum Gasteiger partial charge on any atom is -0.337 e. The van der Waals surface area contributed by atoms with E-state index < -0.39 is 32.4 Å². The predicted octanol–water partition coefficient (Wildman–Crippen LogP) is 8.31. The van der Waals surface area contributed by atoms with Crippen molar-refractivity contribution < 1.29 is 18.8 Å². The van der Waals surface area contributed by atoms with E-state index in [2.05, 4.69) is 42.9 Å². The molecule has 0 radical (unpaired) electrons. The summed E-state index contributed by atoms with van der Waals surface area (Å²) in [6.45, 7) is 14.8. The number of benzene rings is 3. The topological polar surface area (TPSA) is 79.0 Å². The van der Waals surface area contributed by atoms with Gasteiger partial charge in [0.2, 0.25) is 15.9 Å². The Bertz CT molecular complexity index is 1470. The molecule has 1 aliphatic rings. The SMILES string of the molecule is CC.CC(CS(=O)(=O)Nc1cccc([C@@H](CN2CCCC2)N(C)C(=O)C(c2ccccc2)c2ccccc2)c1)OS(C)(C)C(C)(C)C.[HH]. The zero-order valence-corrected chi connectivity index (χ0v) is 31.5. The summed E-state index contributed by atoms with van der Waals surface area (Å²) >= 11 is 0. The van der Waals surface area contributed by atoms with Crippen LogP contribution in [0.25, 0.3) is 0 Å². The Morgan fingerprint density at radius 1 is 0.894 bits per heavy atom. The van der Waals surface area contributed by atoms with E-state index in [4.69, 9.17) is 4.18 Å². The summed E-state index contributed by atoms with van der Waals surface area (Å²) < 4.78 is 35.6. The Kier molecular flexibility index (Phi) is 14.0. The van der Waals surface area contributed by atoms with Gasteiger partial charge in [0, 0.05) is 25.5 Å². The molecule has 1 heterocycles. The van der Waals surface area contributed by atoms with Crippen LogP contribution in [0.1, 0.15) is 84.5 Å². The van der Waals surface area contributed by atoms with Crippen LogP contribution in [-0.2, 0) is 19.0 Å². The first kappa shape index (κ1) is 38.6. The van der Waals surface area contributed by atoms with E-state index >= 15 is 0 Å². The second-order valence-corrected chi connectivity index (χ2v) is 19.1. The average molecular weight is 686 g/mol. The minimum absolute atomic E-state index is 0. The monoisotopic (exact) mass is 685 g/mol. The number of carbonyl (C=O) groups excluding carboxylic acids is 1. The summed E-state index contributed by atoms with van der Waals surface area (Å²) in [6, 6.07) is 27.0. The summed E-state index contributed by atoms with van der Waals surface area (Å²) in [5, 5.41) is 0. The number of sulfonamides is 1. The van der Waals surface area contributed by atoms with Gasteiger partial charge in [0.25, 0.3) is 0 Å². The number of amides is 1. The molecule has 0 aromatic heterocycles. The van der Waals surface area contributed by atoms with E-state index in [-0.39, 0.29) is 23.9 Å². The molecule has 2 atom stereocenters. The smallest absolute Gasteiger partial charge is 0.235 e. The quantitative estimate of drug-likeness (QED) is 0.196. The van der Waals surface area contributed by atoms with Gasteiger partial charge in [-0.05, 0) is 74.2 Å². The van der Waals surface area contributed by atoms with Gasteiger partial charge in [-0.25, -0.2) is 8.42 Å². The first-order valence-corrected chi connectivity index (χ1v) is 20.8. The Labute approximate surface area is 288 Å². The van der Waals surface area contributed by atoms with Crippen LogP contribution in [0.3, 0.4) is 0 Å². The molecule has 4 rings (SSSR count). The maximum absolute atomic E-state index is 14.4. The number of carbonyl (C=O) groups is 1. The first-order valence-electron chi connectivity index (χ1n) is 16.8. The molecule has 7 nitrogen and oxygen atoms in total. The van der Waals surface area contributed by atoms with Crippen molar-refractivity contribution >= 4 is 31.9 Å². The molecule has 9 heteroatoms. The van der Waals surface area contributed by atoms with Gasteiger partial charge >= 0.3 is 0 Å². The average Bonchev–Trinajstić information content (AvgIpc) is 3.54. The number of nitrogens with one attached hydrogen (secondary N) is 1. The maximum atomic E-state index is 14.4. The third kappa shape index (κ3) is 10.8. The van der Waals surface area contributed by atoms with Gasteiger partial charge < -0.3 is 14.0 Å². The lowest BCUT2D eigenvalue weighted by Gasteiger charge is -2.45. The van der Waals surface area contributed by atoms with Gasteiger partial charge in [-0.1, -0.05) is 107 Å². The fraction of sp³-hybridized carbons (Fsp3) is 0.500. The van der Waals surface area contributed by atoms with Gasteiger partial charge in [-0.15, -0.1) is 10.3 Å². The highest BCUT2D eigenvalue weighted by atomic mass is 32.3. The van der Waals surface area contributed by atoms with Crippen LogP contribution >= 0.6 is 10.3 Å². The first-order chi connectivity index (χ1) is 22.2. The van der Waals surface area contributed by atoms with Crippen molar-refractivity contribution in [1.29, 1.82) is 0 Å². The van der Waals surface area contributed by atoms with Crippen LogP contribution in [0, 0.1) is 0 Å². The van der Waals surface area contributed by atoms with Crippen LogP contribution in [0.5, 0.6) is 0 Å². The zero-order valence-electron chi connectivity index (χ0n) is 29.9. The van der Waals surface area contributed by atoms with Gasteiger partial charge in [0.15, 0.2) is 0 Å². The highest BCUT2D eigenvalue weighted by molar-refractivity contribution is 8.29. The molecule has 0 aliphatic carbocycles. The lowest BCUT2D eigenvalue weighted by atomic mass is 9.89. The highest BCUT2D eigenvalue weighted by Crippen LogP contribution is 2.54. The summed E-state index contributed by atoms with van der Waals surface area (Å²) in [6.07, 6.45) is 5.95. The maximum Gasteiger partial charge on any atom is 0.235 e. The molecule has 3 aromatic rings. The summed E-state index contributed by atoms with van der Waals surface area (Å²) in [4.78, 5) is 18.7. The lowest BCUT2D eigenvalue weighted by molar-refractivity contribution is -0.133. The van der Waals surface area contributed by atoms with Gasteiger partial charge in [0.05, 0.1) is 23.8 Å². The van der Waals surface area contributed by atoms with Crippen molar-refractivity contribution in [2.75, 3.05) is 49.7 Å². The summed E-state index contributed by atoms with van der Waals surface area (Å²) in [5.74, 6) is -0.603. The normalized spacial score (nSPS) is 15.8. The van der Waals surface area contributed by atoms with Gasteiger partial charge in [-0.2, -0.15) is 0 Å². The number of likely N-dealkylation sites (tertiary alicyclic amines) is 1. The Morgan fingerprint density at radius 2 is 1.40 bits per heavy atom. The molecule has 3 aromatic carbocycles. The lowest BCUT2D eigenvalue weighted by Crippen LogP contribution is -2.41. The number of likely N-dealkylation sites (N-methyl/N-ethyl adjacent to an activating group) is 1. The van der Waals surface area contributed by atoms with Gasteiger partial charge in [-0.3, -0.25) is 9.52 Å². The minimum atomic E-state index is -3.69. The van der Waals surface area contributed by atoms with Crippen molar-refractivity contribution in [3.63, 3.8) is 0 Å². The van der Waals surface area contributed by atoms with Crippen molar-refractivity contribution in [2.24, 2.45) is 0 Å². The predicted molar refractivity (Wildman–Crippen MR) is 203 cm³/mol. The van der Waals surface area contributed by atoms with E-state index in [9.17, 15) is 13.2 Å². The fourth-order valence-corrected chi connectivity index (χ4v) is 8.23. The largest absolute Gasteiger partial charge is 0.337 e. The van der Waals surface area contributed by atoms with Crippen LogP contribution in [-0.4, -0.2) is 79.9 Å². The van der Waals surface area contributed by atoms with Crippen LogP contribution in [0.4, 0.5) is 5.69 Å². The number of nitrogens with zero attached hydrogens (tertiary/aromatic N) is 2. The molecule has 262 valence electrons. The van der Waals surface area contributed by atoms with Crippen molar-refractivity contribution in [2.45, 2.75) is 77.2 Å². The molecular formula is C38H59N3O4S2. The fourth-order valence-electron chi connectivity index (χ4n) is 5.71. The Morgan fingerprint density at radius 3 is 1.91 bits per heavy atom. The van der Waals surface area contributed by atoms with Crippen molar-refractivity contribution in [3.05, 3.63) is 102 Å². The summed E-state index contributed by atoms with van der Waals surface area (Å²) in [7, 11) is -3.29. The Balaban J connectivity index is 0.00000262. The van der Waals surface area contributed by atoms with Crippen molar-refractivity contribution in [1.82, 2.24) is 9.80 Å². The molecule has 1 N–H and O–H groups in total. The molecule has 0 saturated carbocycles. The zero-order chi connectivity index (χ0) is 34.8.